The summed E-state index contributed by atoms with van der Waals surface area (Å²) in [7, 11) is 1.35. The molecule has 1 heterocycles. The van der Waals surface area contributed by atoms with Crippen LogP contribution in [0.1, 0.15) is 31.1 Å². The zero-order valence-corrected chi connectivity index (χ0v) is 11.6. The Bertz CT molecular complexity index is 777. The second-order valence-electron chi connectivity index (χ2n) is 4.68. The van der Waals surface area contributed by atoms with E-state index in [0.29, 0.717) is 11.1 Å². The van der Waals surface area contributed by atoms with Crippen LogP contribution < -0.4 is 9.64 Å². The largest absolute Gasteiger partial charge is 0.496 e. The van der Waals surface area contributed by atoms with E-state index in [1.165, 1.54) is 25.3 Å². The number of carbonyl (C=O) groups excluding carboxylic acids is 2. The lowest BCUT2D eigenvalue weighted by molar-refractivity contribution is 0.0692. The van der Waals surface area contributed by atoms with E-state index < -0.39 is 17.8 Å². The molecule has 2 aromatic rings. The van der Waals surface area contributed by atoms with Gasteiger partial charge < -0.3 is 9.84 Å². The third-order valence-electron chi connectivity index (χ3n) is 3.47. The number of carboxylic acid groups (broad SMARTS) is 1. The fourth-order valence-corrected chi connectivity index (χ4v) is 2.43. The van der Waals surface area contributed by atoms with Crippen molar-refractivity contribution >= 4 is 23.5 Å². The highest BCUT2D eigenvalue weighted by atomic mass is 16.5. The molecule has 0 radical (unpaired) electrons. The first-order chi connectivity index (χ1) is 10.5. The van der Waals surface area contributed by atoms with Crippen LogP contribution in [-0.4, -0.2) is 30.0 Å². The average Bonchev–Trinajstić information content (AvgIpc) is 2.79. The highest BCUT2D eigenvalue weighted by Crippen LogP contribution is 2.31. The van der Waals surface area contributed by atoms with Crippen molar-refractivity contribution in [1.29, 1.82) is 0 Å². The molecule has 1 aliphatic rings. The lowest BCUT2D eigenvalue weighted by Crippen LogP contribution is -2.29. The molecular weight excluding hydrogens is 286 g/mol. The van der Waals surface area contributed by atoms with E-state index in [1.54, 1.807) is 24.3 Å². The number of rotatable bonds is 3. The van der Waals surface area contributed by atoms with Crippen LogP contribution in [0.25, 0.3) is 0 Å². The van der Waals surface area contributed by atoms with Gasteiger partial charge in [0.15, 0.2) is 0 Å². The maximum Gasteiger partial charge on any atom is 0.339 e. The number of carboxylic acids is 1. The van der Waals surface area contributed by atoms with E-state index in [-0.39, 0.29) is 17.0 Å². The summed E-state index contributed by atoms with van der Waals surface area (Å²) in [5.74, 6) is -1.98. The second kappa shape index (κ2) is 5.00. The molecule has 0 aromatic heterocycles. The summed E-state index contributed by atoms with van der Waals surface area (Å²) in [6.07, 6.45) is 0. The molecule has 0 atom stereocenters. The normalized spacial score (nSPS) is 13.2. The van der Waals surface area contributed by atoms with Crippen LogP contribution in [0.2, 0.25) is 0 Å². The number of nitrogens with zero attached hydrogens (tertiary/aromatic N) is 1. The smallest absolute Gasteiger partial charge is 0.339 e. The van der Waals surface area contributed by atoms with Gasteiger partial charge >= 0.3 is 5.97 Å². The van der Waals surface area contributed by atoms with Gasteiger partial charge in [0, 0.05) is 0 Å². The topological polar surface area (TPSA) is 83.9 Å². The van der Waals surface area contributed by atoms with E-state index in [2.05, 4.69) is 0 Å². The molecule has 6 heteroatoms. The van der Waals surface area contributed by atoms with Crippen molar-refractivity contribution in [3.8, 4) is 5.75 Å². The van der Waals surface area contributed by atoms with E-state index in [1.807, 2.05) is 0 Å². The molecule has 0 bridgehead atoms. The van der Waals surface area contributed by atoms with E-state index in [4.69, 9.17) is 4.74 Å². The first kappa shape index (κ1) is 13.8. The van der Waals surface area contributed by atoms with Crippen molar-refractivity contribution in [2.45, 2.75) is 0 Å². The summed E-state index contributed by atoms with van der Waals surface area (Å²) in [6, 6.07) is 10.6. The van der Waals surface area contributed by atoms with Gasteiger partial charge in [-0.2, -0.15) is 0 Å². The summed E-state index contributed by atoms with van der Waals surface area (Å²) in [6.45, 7) is 0. The van der Waals surface area contributed by atoms with Crippen LogP contribution in [-0.2, 0) is 0 Å². The minimum Gasteiger partial charge on any atom is -0.496 e. The Kier molecular flexibility index (Phi) is 3.14. The number of hydrogen-bond donors (Lipinski definition) is 1. The third kappa shape index (κ3) is 1.93. The van der Waals surface area contributed by atoms with Crippen molar-refractivity contribution in [1.82, 2.24) is 0 Å². The number of methoxy groups -OCH3 is 1. The van der Waals surface area contributed by atoms with Crippen LogP contribution >= 0.6 is 0 Å². The molecule has 0 fully saturated rings. The lowest BCUT2D eigenvalue weighted by Gasteiger charge is -2.15. The molecule has 0 unspecified atom stereocenters. The molecule has 2 amide bonds. The van der Waals surface area contributed by atoms with Crippen molar-refractivity contribution < 1.29 is 24.2 Å². The number of imide groups is 1. The Balaban J connectivity index is 2.10. The number of fused-ring (bicyclic) bond motifs is 1. The van der Waals surface area contributed by atoms with Crippen molar-refractivity contribution in [2.75, 3.05) is 12.0 Å². The summed E-state index contributed by atoms with van der Waals surface area (Å²) in [5, 5.41) is 9.20. The second-order valence-corrected chi connectivity index (χ2v) is 4.68. The number of benzene rings is 2. The van der Waals surface area contributed by atoms with Crippen molar-refractivity contribution in [3.05, 3.63) is 59.2 Å². The molecular formula is C16H11NO5. The van der Waals surface area contributed by atoms with Crippen LogP contribution in [0.4, 0.5) is 5.69 Å². The van der Waals surface area contributed by atoms with Crippen LogP contribution in [0, 0.1) is 0 Å². The summed E-state index contributed by atoms with van der Waals surface area (Å²) in [4.78, 5) is 37.0. The highest BCUT2D eigenvalue weighted by molar-refractivity contribution is 6.34. The molecule has 0 saturated heterocycles. The first-order valence-electron chi connectivity index (χ1n) is 6.43. The predicted octanol–water partition coefficient (Wildman–Crippen LogP) is 2.19. The van der Waals surface area contributed by atoms with E-state index in [0.717, 1.165) is 4.90 Å². The van der Waals surface area contributed by atoms with E-state index >= 15 is 0 Å². The van der Waals surface area contributed by atoms with Crippen LogP contribution in [0.3, 0.4) is 0 Å². The van der Waals surface area contributed by atoms with Crippen LogP contribution in [0.15, 0.2) is 42.5 Å². The van der Waals surface area contributed by atoms with Gasteiger partial charge in [0.25, 0.3) is 11.8 Å². The Labute approximate surface area is 125 Å². The van der Waals surface area contributed by atoms with Gasteiger partial charge in [-0.05, 0) is 30.3 Å². The van der Waals surface area contributed by atoms with Gasteiger partial charge in [0.1, 0.15) is 11.3 Å². The number of aromatic carboxylic acids is 1. The lowest BCUT2D eigenvalue weighted by atomic mass is 10.1. The summed E-state index contributed by atoms with van der Waals surface area (Å²) in [5.41, 5.74) is 0.696. The minimum absolute atomic E-state index is 0.114. The number of anilines is 1. The quantitative estimate of drug-likeness (QED) is 0.878. The zero-order valence-electron chi connectivity index (χ0n) is 11.6. The molecule has 2 aromatic carbocycles. The Morgan fingerprint density at radius 1 is 1.05 bits per heavy atom. The number of amides is 2. The molecule has 6 nitrogen and oxygen atoms in total. The maximum atomic E-state index is 12.4. The summed E-state index contributed by atoms with van der Waals surface area (Å²) < 4.78 is 4.97. The Morgan fingerprint density at radius 3 is 2.14 bits per heavy atom. The standard InChI is InChI=1S/C16H11NO5/c1-22-13-7-6-9(8-12(13)16(20)21)17-14(18)10-4-2-3-5-11(10)15(17)19/h2-8H,1H3,(H,20,21). The zero-order chi connectivity index (χ0) is 15.9. The Morgan fingerprint density at radius 2 is 1.64 bits per heavy atom. The molecule has 0 saturated carbocycles. The highest BCUT2D eigenvalue weighted by Gasteiger charge is 2.36. The molecule has 0 aliphatic carbocycles. The van der Waals surface area contributed by atoms with Crippen molar-refractivity contribution in [2.24, 2.45) is 0 Å². The van der Waals surface area contributed by atoms with Gasteiger partial charge in [-0.1, -0.05) is 12.1 Å². The van der Waals surface area contributed by atoms with Gasteiger partial charge in [-0.3, -0.25) is 9.59 Å². The first-order valence-corrected chi connectivity index (χ1v) is 6.43. The molecule has 1 aliphatic heterocycles. The summed E-state index contributed by atoms with van der Waals surface area (Å²) >= 11 is 0. The molecule has 1 N–H and O–H groups in total. The van der Waals surface area contributed by atoms with Crippen molar-refractivity contribution in [3.63, 3.8) is 0 Å². The predicted molar refractivity (Wildman–Crippen MR) is 77.5 cm³/mol. The third-order valence-corrected chi connectivity index (χ3v) is 3.47. The molecule has 110 valence electrons. The van der Waals surface area contributed by atoms with Gasteiger partial charge in [0.2, 0.25) is 0 Å². The molecule has 3 rings (SSSR count). The monoisotopic (exact) mass is 297 g/mol. The number of hydrogen-bond acceptors (Lipinski definition) is 4. The average molecular weight is 297 g/mol. The maximum absolute atomic E-state index is 12.4. The number of carbonyl (C=O) groups is 3. The fraction of sp³-hybridized carbons (Fsp3) is 0.0625. The fourth-order valence-electron chi connectivity index (χ4n) is 2.43. The van der Waals surface area contributed by atoms with Gasteiger partial charge in [0.05, 0.1) is 23.9 Å². The number of ether oxygens (including phenoxy) is 1. The van der Waals surface area contributed by atoms with Crippen LogP contribution in [0.5, 0.6) is 5.75 Å². The molecule has 0 spiro atoms. The van der Waals surface area contributed by atoms with E-state index in [9.17, 15) is 19.5 Å². The SMILES string of the molecule is COc1ccc(N2C(=O)c3ccccc3C2=O)cc1C(=O)O. The van der Waals surface area contributed by atoms with Gasteiger partial charge in [-0.15, -0.1) is 0 Å². The van der Waals surface area contributed by atoms with Gasteiger partial charge in [-0.25, -0.2) is 9.69 Å². The minimum atomic E-state index is -1.20. The molecule has 22 heavy (non-hydrogen) atoms. The Hall–Kier alpha value is -3.15.